The van der Waals surface area contributed by atoms with E-state index >= 15 is 0 Å². The molecule has 0 aromatic heterocycles. The van der Waals surface area contributed by atoms with E-state index in [-0.39, 0.29) is 23.7 Å². The number of rotatable bonds is 5. The van der Waals surface area contributed by atoms with Crippen LogP contribution in [0.2, 0.25) is 0 Å². The molecule has 0 saturated carbocycles. The van der Waals surface area contributed by atoms with Crippen LogP contribution in [0.15, 0.2) is 0 Å². The summed E-state index contributed by atoms with van der Waals surface area (Å²) in [6.45, 7) is 12.3. The Bertz CT molecular complexity index is 327. The molecule has 1 fully saturated rings. The maximum Gasteiger partial charge on any atom is 0.234 e. The maximum absolute atomic E-state index is 12.0. The van der Waals surface area contributed by atoms with Crippen LogP contribution in [0.25, 0.3) is 0 Å². The maximum atomic E-state index is 12.0. The Hall–Kier alpha value is -0.900. The van der Waals surface area contributed by atoms with E-state index in [4.69, 9.17) is 0 Å². The third-order valence-electron chi connectivity index (χ3n) is 4.00. The second-order valence-electron chi connectivity index (χ2n) is 6.84. The number of nitrogens with zero attached hydrogens (tertiary/aromatic N) is 1. The van der Waals surface area contributed by atoms with Gasteiger partial charge in [-0.25, -0.2) is 0 Å². The van der Waals surface area contributed by atoms with Gasteiger partial charge in [-0.2, -0.15) is 0 Å². The molecule has 19 heavy (non-hydrogen) atoms. The minimum Gasteiger partial charge on any atom is -0.345 e. The summed E-state index contributed by atoms with van der Waals surface area (Å²) >= 11 is 0. The molecule has 1 aliphatic heterocycles. The summed E-state index contributed by atoms with van der Waals surface area (Å²) in [6, 6.07) is -0.353. The first-order chi connectivity index (χ1) is 8.71. The Kier molecular flexibility index (Phi) is 5.53. The number of hydrogen-bond acceptors (Lipinski definition) is 3. The predicted molar refractivity (Wildman–Crippen MR) is 76.9 cm³/mol. The van der Waals surface area contributed by atoms with Gasteiger partial charge in [0.2, 0.25) is 5.91 Å². The normalized spacial score (nSPS) is 21.2. The van der Waals surface area contributed by atoms with Crippen LogP contribution in [0.1, 0.15) is 47.5 Å². The molecule has 0 spiro atoms. The lowest BCUT2D eigenvalue weighted by atomic mass is 9.83. The van der Waals surface area contributed by atoms with E-state index in [1.807, 2.05) is 13.8 Å². The lowest BCUT2D eigenvalue weighted by Crippen LogP contribution is -2.49. The Morgan fingerprint density at radius 2 is 1.74 bits per heavy atom. The molecule has 1 amide bonds. The van der Waals surface area contributed by atoms with Crippen LogP contribution in [0.3, 0.4) is 0 Å². The van der Waals surface area contributed by atoms with Crippen molar-refractivity contribution in [2.24, 2.45) is 11.3 Å². The number of hydrogen-bond donors (Lipinski definition) is 1. The van der Waals surface area contributed by atoms with Gasteiger partial charge < -0.3 is 5.32 Å². The highest BCUT2D eigenvalue weighted by Gasteiger charge is 2.27. The molecule has 4 heteroatoms. The fraction of sp³-hybridized carbons (Fsp3) is 0.867. The van der Waals surface area contributed by atoms with Crippen LogP contribution in [-0.4, -0.2) is 42.3 Å². The highest BCUT2D eigenvalue weighted by atomic mass is 16.2. The lowest BCUT2D eigenvalue weighted by Gasteiger charge is -2.36. The fourth-order valence-corrected chi connectivity index (χ4v) is 2.48. The highest BCUT2D eigenvalue weighted by Crippen LogP contribution is 2.29. The molecule has 1 rings (SSSR count). The molecular formula is C15H28N2O2. The highest BCUT2D eigenvalue weighted by molar-refractivity contribution is 5.88. The van der Waals surface area contributed by atoms with E-state index in [2.05, 4.69) is 24.1 Å². The summed E-state index contributed by atoms with van der Waals surface area (Å²) in [7, 11) is 0. The van der Waals surface area contributed by atoms with E-state index in [0.29, 0.717) is 12.0 Å². The van der Waals surface area contributed by atoms with Gasteiger partial charge in [0.05, 0.1) is 12.6 Å². The summed E-state index contributed by atoms with van der Waals surface area (Å²) in [5.74, 6) is 0.137. The van der Waals surface area contributed by atoms with Crippen molar-refractivity contribution in [2.45, 2.75) is 53.5 Å². The first kappa shape index (κ1) is 16.2. The van der Waals surface area contributed by atoms with Crippen LogP contribution < -0.4 is 5.32 Å². The number of amides is 1. The molecule has 0 aromatic carbocycles. The largest absolute Gasteiger partial charge is 0.345 e. The van der Waals surface area contributed by atoms with Gasteiger partial charge in [-0.3, -0.25) is 14.5 Å². The van der Waals surface area contributed by atoms with E-state index in [1.54, 1.807) is 0 Å². The average molecular weight is 268 g/mol. The lowest BCUT2D eigenvalue weighted by molar-refractivity contribution is -0.128. The van der Waals surface area contributed by atoms with Crippen molar-refractivity contribution >= 4 is 11.7 Å². The Labute approximate surface area is 116 Å². The Morgan fingerprint density at radius 1 is 1.21 bits per heavy atom. The van der Waals surface area contributed by atoms with E-state index < -0.39 is 0 Å². The third kappa shape index (κ3) is 5.31. The Morgan fingerprint density at radius 3 is 2.16 bits per heavy atom. The van der Waals surface area contributed by atoms with Crippen LogP contribution in [0, 0.1) is 11.3 Å². The molecular weight excluding hydrogens is 240 g/mol. The quantitative estimate of drug-likeness (QED) is 0.827. The van der Waals surface area contributed by atoms with Crippen molar-refractivity contribution in [3.05, 3.63) is 0 Å². The van der Waals surface area contributed by atoms with Gasteiger partial charge in [-0.1, -0.05) is 27.7 Å². The molecule has 1 heterocycles. The van der Waals surface area contributed by atoms with Crippen LogP contribution in [0.4, 0.5) is 0 Å². The van der Waals surface area contributed by atoms with Gasteiger partial charge in [-0.05, 0) is 44.2 Å². The molecule has 0 bridgehead atoms. The van der Waals surface area contributed by atoms with Crippen LogP contribution in [0.5, 0.6) is 0 Å². The number of carbonyl (C=O) groups excluding carboxylic acids is 2. The Balaban J connectivity index is 2.41. The molecule has 1 N–H and O–H groups in total. The molecule has 1 unspecified atom stereocenters. The molecule has 1 atom stereocenters. The summed E-state index contributed by atoms with van der Waals surface area (Å²) < 4.78 is 0. The second kappa shape index (κ2) is 6.51. The van der Waals surface area contributed by atoms with Crippen LogP contribution >= 0.6 is 0 Å². The van der Waals surface area contributed by atoms with E-state index in [9.17, 15) is 9.59 Å². The zero-order valence-corrected chi connectivity index (χ0v) is 13.0. The monoisotopic (exact) mass is 268 g/mol. The minimum atomic E-state index is -0.353. The molecule has 1 saturated heterocycles. The minimum absolute atomic E-state index is 0.0307. The number of likely N-dealkylation sites (tertiary alicyclic amines) is 1. The van der Waals surface area contributed by atoms with Gasteiger partial charge in [0.1, 0.15) is 0 Å². The van der Waals surface area contributed by atoms with Crippen molar-refractivity contribution in [2.75, 3.05) is 19.6 Å². The van der Waals surface area contributed by atoms with Gasteiger partial charge in [0, 0.05) is 0 Å². The number of carbonyl (C=O) groups is 2. The average Bonchev–Trinajstić information content (AvgIpc) is 2.28. The van der Waals surface area contributed by atoms with Crippen molar-refractivity contribution in [1.29, 1.82) is 0 Å². The fourth-order valence-electron chi connectivity index (χ4n) is 2.48. The van der Waals surface area contributed by atoms with E-state index in [1.165, 1.54) is 6.92 Å². The smallest absolute Gasteiger partial charge is 0.234 e. The first-order valence-electron chi connectivity index (χ1n) is 7.23. The summed E-state index contributed by atoms with van der Waals surface area (Å²) in [5, 5.41) is 2.85. The standard InChI is InChI=1S/C15H28N2O2/c1-11(2)14(12(3)18)16-13(19)10-17-8-6-15(4,5)7-9-17/h11,14H,6-10H2,1-5H3,(H,16,19). The number of piperidine rings is 1. The van der Waals surface area contributed by atoms with Gasteiger partial charge >= 0.3 is 0 Å². The van der Waals surface area contributed by atoms with E-state index in [0.717, 1.165) is 25.9 Å². The SMILES string of the molecule is CC(=O)C(NC(=O)CN1CCC(C)(C)CC1)C(C)C. The van der Waals surface area contributed by atoms with Crippen molar-refractivity contribution in [3.8, 4) is 0 Å². The van der Waals surface area contributed by atoms with Crippen molar-refractivity contribution < 1.29 is 9.59 Å². The van der Waals surface area contributed by atoms with Gasteiger partial charge in [-0.15, -0.1) is 0 Å². The zero-order valence-electron chi connectivity index (χ0n) is 13.0. The number of Topliss-reactive ketones (excluding diaryl/α,β-unsaturated/α-hetero) is 1. The molecule has 110 valence electrons. The van der Waals surface area contributed by atoms with Crippen molar-refractivity contribution in [3.63, 3.8) is 0 Å². The van der Waals surface area contributed by atoms with Crippen LogP contribution in [-0.2, 0) is 9.59 Å². The zero-order chi connectivity index (χ0) is 14.6. The summed E-state index contributed by atoms with van der Waals surface area (Å²) in [5.41, 5.74) is 0.396. The van der Waals surface area contributed by atoms with Gasteiger partial charge in [0.15, 0.2) is 5.78 Å². The number of nitrogens with one attached hydrogen (secondary N) is 1. The third-order valence-corrected chi connectivity index (χ3v) is 4.00. The molecule has 0 aromatic rings. The second-order valence-corrected chi connectivity index (χ2v) is 6.84. The summed E-state index contributed by atoms with van der Waals surface area (Å²) in [6.07, 6.45) is 2.25. The van der Waals surface area contributed by atoms with Crippen molar-refractivity contribution in [1.82, 2.24) is 10.2 Å². The summed E-state index contributed by atoms with van der Waals surface area (Å²) in [4.78, 5) is 25.6. The number of ketones is 1. The molecule has 4 nitrogen and oxygen atoms in total. The van der Waals surface area contributed by atoms with Gasteiger partial charge in [0.25, 0.3) is 0 Å². The molecule has 0 aliphatic carbocycles. The molecule has 1 aliphatic rings. The topological polar surface area (TPSA) is 49.4 Å². The first-order valence-corrected chi connectivity index (χ1v) is 7.23. The molecule has 0 radical (unpaired) electrons. The predicted octanol–water partition coefficient (Wildman–Crippen LogP) is 1.84.